The van der Waals surface area contributed by atoms with Crippen molar-refractivity contribution in [2.24, 2.45) is 5.92 Å². The maximum Gasteiger partial charge on any atom is 0.201 e. The molecule has 3 nitrogen and oxygen atoms in total. The maximum absolute atomic E-state index is 15.0. The Morgan fingerprint density at radius 1 is 0.868 bits per heavy atom. The highest BCUT2D eigenvalue weighted by molar-refractivity contribution is 5.71. The minimum absolute atomic E-state index is 0.0758. The van der Waals surface area contributed by atoms with Crippen molar-refractivity contribution in [1.82, 2.24) is 0 Å². The molecule has 1 saturated heterocycles. The molecule has 3 aromatic rings. The summed E-state index contributed by atoms with van der Waals surface area (Å²) in [5, 5.41) is 0. The van der Waals surface area contributed by atoms with Gasteiger partial charge in [-0.25, -0.2) is 8.78 Å². The summed E-state index contributed by atoms with van der Waals surface area (Å²) < 4.78 is 61.4. The van der Waals surface area contributed by atoms with Gasteiger partial charge in [0.1, 0.15) is 5.82 Å². The van der Waals surface area contributed by atoms with Crippen LogP contribution in [-0.2, 0) is 9.47 Å². The van der Waals surface area contributed by atoms with E-state index in [0.29, 0.717) is 36.5 Å². The van der Waals surface area contributed by atoms with Crippen molar-refractivity contribution in [3.05, 3.63) is 90.3 Å². The van der Waals surface area contributed by atoms with Gasteiger partial charge in [0.05, 0.1) is 19.8 Å². The Labute approximate surface area is 223 Å². The van der Waals surface area contributed by atoms with E-state index in [0.717, 1.165) is 44.1 Å². The zero-order valence-corrected chi connectivity index (χ0v) is 21.9. The first-order valence-corrected chi connectivity index (χ1v) is 13.4. The van der Waals surface area contributed by atoms with E-state index in [1.807, 2.05) is 6.08 Å². The zero-order valence-electron chi connectivity index (χ0n) is 21.9. The van der Waals surface area contributed by atoms with E-state index in [-0.39, 0.29) is 17.2 Å². The van der Waals surface area contributed by atoms with E-state index in [1.54, 1.807) is 36.4 Å². The van der Waals surface area contributed by atoms with Crippen LogP contribution in [0, 0.1) is 23.4 Å². The minimum atomic E-state index is -0.987. The molecule has 0 amide bonds. The van der Waals surface area contributed by atoms with Gasteiger partial charge in [0, 0.05) is 17.0 Å². The van der Waals surface area contributed by atoms with Crippen molar-refractivity contribution in [3.63, 3.8) is 0 Å². The average molecular weight is 525 g/mol. The number of unbranched alkanes of at least 4 members (excludes halogenated alkanes) is 3. The second kappa shape index (κ2) is 13.6. The van der Waals surface area contributed by atoms with E-state index in [1.165, 1.54) is 18.2 Å². The number of hydrogen-bond acceptors (Lipinski definition) is 3. The number of allylic oxidation sites excluding steroid dienone is 1. The molecule has 1 aliphatic rings. The van der Waals surface area contributed by atoms with Crippen molar-refractivity contribution in [3.8, 4) is 28.0 Å². The fraction of sp³-hybridized carbons (Fsp3) is 0.375. The molecule has 1 heterocycles. The van der Waals surface area contributed by atoms with Crippen molar-refractivity contribution in [1.29, 1.82) is 0 Å². The molecule has 202 valence electrons. The maximum atomic E-state index is 15.0. The van der Waals surface area contributed by atoms with Crippen LogP contribution in [0.3, 0.4) is 0 Å². The van der Waals surface area contributed by atoms with Crippen LogP contribution >= 0.6 is 0 Å². The molecular formula is C32H35F3O3. The summed E-state index contributed by atoms with van der Waals surface area (Å²) in [4.78, 5) is 0. The summed E-state index contributed by atoms with van der Waals surface area (Å²) in [7, 11) is 0. The average Bonchev–Trinajstić information content (AvgIpc) is 2.94. The Morgan fingerprint density at radius 3 is 2.26 bits per heavy atom. The van der Waals surface area contributed by atoms with E-state index in [2.05, 4.69) is 13.5 Å². The van der Waals surface area contributed by atoms with Crippen LogP contribution in [0.5, 0.6) is 5.75 Å². The molecule has 38 heavy (non-hydrogen) atoms. The highest BCUT2D eigenvalue weighted by Gasteiger charge is 2.25. The number of ether oxygens (including phenoxy) is 3. The molecule has 0 saturated carbocycles. The molecule has 0 spiro atoms. The Morgan fingerprint density at radius 2 is 1.58 bits per heavy atom. The monoisotopic (exact) mass is 524 g/mol. The molecule has 0 unspecified atom stereocenters. The van der Waals surface area contributed by atoms with Crippen molar-refractivity contribution >= 4 is 0 Å². The predicted molar refractivity (Wildman–Crippen MR) is 144 cm³/mol. The van der Waals surface area contributed by atoms with Crippen LogP contribution in [0.4, 0.5) is 13.2 Å². The van der Waals surface area contributed by atoms with Gasteiger partial charge in [-0.3, -0.25) is 0 Å². The van der Waals surface area contributed by atoms with E-state index in [9.17, 15) is 13.2 Å². The van der Waals surface area contributed by atoms with Crippen molar-refractivity contribution in [2.45, 2.75) is 51.7 Å². The second-order valence-electron chi connectivity index (χ2n) is 9.69. The lowest BCUT2D eigenvalue weighted by Gasteiger charge is -2.29. The molecule has 0 atom stereocenters. The van der Waals surface area contributed by atoms with Crippen LogP contribution in [0.2, 0.25) is 0 Å². The van der Waals surface area contributed by atoms with Gasteiger partial charge in [0.2, 0.25) is 5.82 Å². The molecule has 1 aliphatic heterocycles. The largest absolute Gasteiger partial charge is 0.490 e. The highest BCUT2D eigenvalue weighted by Crippen LogP contribution is 2.34. The predicted octanol–water partition coefficient (Wildman–Crippen LogP) is 9.02. The molecule has 0 aromatic heterocycles. The first kappa shape index (κ1) is 27.9. The third-order valence-electron chi connectivity index (χ3n) is 6.83. The third kappa shape index (κ3) is 6.86. The summed E-state index contributed by atoms with van der Waals surface area (Å²) >= 11 is 0. The summed E-state index contributed by atoms with van der Waals surface area (Å²) in [6.07, 6.45) is 6.95. The molecule has 1 fully saturated rings. The van der Waals surface area contributed by atoms with Crippen LogP contribution < -0.4 is 4.74 Å². The molecule has 0 bridgehead atoms. The van der Waals surface area contributed by atoms with E-state index >= 15 is 0 Å². The summed E-state index contributed by atoms with van der Waals surface area (Å²) in [6, 6.07) is 14.8. The summed E-state index contributed by atoms with van der Waals surface area (Å²) in [6.45, 7) is 7.23. The van der Waals surface area contributed by atoms with Gasteiger partial charge in [0.25, 0.3) is 0 Å². The van der Waals surface area contributed by atoms with Gasteiger partial charge in [0.15, 0.2) is 17.9 Å². The van der Waals surface area contributed by atoms with Gasteiger partial charge in [-0.1, -0.05) is 68.7 Å². The smallest absolute Gasteiger partial charge is 0.201 e. The van der Waals surface area contributed by atoms with Crippen molar-refractivity contribution in [2.75, 3.05) is 19.8 Å². The SMILES string of the molecule is C=CCCC1COC(c2ccc(-c3ccc(-c4ccc(OCCCCCC)c(F)c4F)cc3)cc2F)OC1. The fourth-order valence-corrected chi connectivity index (χ4v) is 4.56. The lowest BCUT2D eigenvalue weighted by molar-refractivity contribution is -0.207. The van der Waals surface area contributed by atoms with Crippen molar-refractivity contribution < 1.29 is 27.4 Å². The van der Waals surface area contributed by atoms with Crippen LogP contribution in [0.1, 0.15) is 57.3 Å². The lowest BCUT2D eigenvalue weighted by Crippen LogP contribution is -2.27. The van der Waals surface area contributed by atoms with Crippen LogP contribution in [-0.4, -0.2) is 19.8 Å². The normalized spacial score (nSPS) is 17.4. The van der Waals surface area contributed by atoms with Crippen LogP contribution in [0.25, 0.3) is 22.3 Å². The highest BCUT2D eigenvalue weighted by atomic mass is 19.2. The second-order valence-corrected chi connectivity index (χ2v) is 9.69. The molecular weight excluding hydrogens is 489 g/mol. The summed E-state index contributed by atoms with van der Waals surface area (Å²) in [5.74, 6) is -2.15. The standard InChI is InChI=1S/C32H35F3O3/c1-3-5-7-8-18-36-29-17-16-26(30(34)31(29)35)24-12-10-23(11-13-24)25-14-15-27(28(33)19-25)32-37-20-22(21-38-32)9-6-4-2/h4,10-17,19,22,32H,2-3,5-9,18,20-21H2,1H3. The first-order chi connectivity index (χ1) is 18.5. The van der Waals surface area contributed by atoms with Crippen LogP contribution in [0.15, 0.2) is 67.3 Å². The van der Waals surface area contributed by atoms with Gasteiger partial charge in [-0.2, -0.15) is 4.39 Å². The molecule has 6 heteroatoms. The molecule has 0 N–H and O–H groups in total. The first-order valence-electron chi connectivity index (χ1n) is 13.4. The quantitative estimate of drug-likeness (QED) is 0.175. The Balaban J connectivity index is 1.41. The van der Waals surface area contributed by atoms with E-state index < -0.39 is 23.7 Å². The Bertz CT molecular complexity index is 1200. The number of rotatable bonds is 12. The molecule has 0 aliphatic carbocycles. The van der Waals surface area contributed by atoms with Gasteiger partial charge in [-0.15, -0.1) is 6.58 Å². The lowest BCUT2D eigenvalue weighted by atomic mass is 9.98. The minimum Gasteiger partial charge on any atom is -0.490 e. The number of hydrogen-bond donors (Lipinski definition) is 0. The van der Waals surface area contributed by atoms with Gasteiger partial charge < -0.3 is 14.2 Å². The summed E-state index contributed by atoms with van der Waals surface area (Å²) in [5.41, 5.74) is 2.44. The van der Waals surface area contributed by atoms with E-state index in [4.69, 9.17) is 14.2 Å². The number of halogens is 3. The van der Waals surface area contributed by atoms with Gasteiger partial charge in [-0.05, 0) is 54.2 Å². The molecule has 0 radical (unpaired) electrons. The Kier molecular flexibility index (Phi) is 10.0. The molecule has 3 aromatic carbocycles. The fourth-order valence-electron chi connectivity index (χ4n) is 4.56. The molecule has 4 rings (SSSR count). The van der Waals surface area contributed by atoms with Gasteiger partial charge >= 0.3 is 0 Å². The Hall–Kier alpha value is -3.09. The number of benzene rings is 3. The zero-order chi connectivity index (χ0) is 26.9. The third-order valence-corrected chi connectivity index (χ3v) is 6.83. The topological polar surface area (TPSA) is 27.7 Å².